The van der Waals surface area contributed by atoms with E-state index in [9.17, 15) is 4.79 Å². The van der Waals surface area contributed by atoms with Crippen molar-refractivity contribution >= 4 is 17.3 Å². The molecule has 5 nitrogen and oxygen atoms in total. The lowest BCUT2D eigenvalue weighted by atomic mass is 9.72. The van der Waals surface area contributed by atoms with Gasteiger partial charge in [0.25, 0.3) is 5.91 Å². The van der Waals surface area contributed by atoms with Gasteiger partial charge in [-0.25, -0.2) is 4.98 Å². The Bertz CT molecular complexity index is 1180. The van der Waals surface area contributed by atoms with Crippen LogP contribution in [0.15, 0.2) is 71.7 Å². The number of nitrogens with zero attached hydrogens (tertiary/aromatic N) is 2. The Morgan fingerprint density at radius 2 is 1.82 bits per heavy atom. The van der Waals surface area contributed by atoms with Crippen LogP contribution < -0.4 is 11.1 Å². The van der Waals surface area contributed by atoms with Crippen molar-refractivity contribution in [2.45, 2.75) is 50.5 Å². The van der Waals surface area contributed by atoms with Gasteiger partial charge >= 0.3 is 0 Å². The van der Waals surface area contributed by atoms with Gasteiger partial charge in [-0.15, -0.1) is 0 Å². The molecule has 0 spiro atoms. The Morgan fingerprint density at radius 1 is 1.06 bits per heavy atom. The lowest BCUT2D eigenvalue weighted by Crippen LogP contribution is -2.43. The van der Waals surface area contributed by atoms with Crippen molar-refractivity contribution < 1.29 is 4.79 Å². The van der Waals surface area contributed by atoms with Crippen LogP contribution in [0, 0.1) is 0 Å². The maximum absolute atomic E-state index is 12.3. The summed E-state index contributed by atoms with van der Waals surface area (Å²) < 4.78 is 0. The summed E-state index contributed by atoms with van der Waals surface area (Å²) in [7, 11) is 0. The molecule has 1 amide bonds. The van der Waals surface area contributed by atoms with Crippen molar-refractivity contribution in [2.75, 3.05) is 6.54 Å². The molecule has 1 saturated carbocycles. The van der Waals surface area contributed by atoms with Gasteiger partial charge in [0.1, 0.15) is 5.69 Å². The predicted molar refractivity (Wildman–Crippen MR) is 132 cm³/mol. The molecule has 2 heterocycles. The van der Waals surface area contributed by atoms with Crippen molar-refractivity contribution in [3.63, 3.8) is 0 Å². The Morgan fingerprint density at radius 3 is 2.48 bits per heavy atom. The van der Waals surface area contributed by atoms with E-state index in [2.05, 4.69) is 58.8 Å². The average molecular weight is 439 g/mol. The zero-order chi connectivity index (χ0) is 22.8. The largest absolute Gasteiger partial charge is 0.351 e. The van der Waals surface area contributed by atoms with E-state index >= 15 is 0 Å². The molecule has 1 atom stereocenters. The van der Waals surface area contributed by atoms with E-state index in [1.54, 1.807) is 6.07 Å². The summed E-state index contributed by atoms with van der Waals surface area (Å²) in [6.07, 6.45) is 4.94. The molecule has 2 aliphatic rings. The number of aromatic nitrogens is 1. The number of benzene rings is 2. The molecule has 5 heteroatoms. The summed E-state index contributed by atoms with van der Waals surface area (Å²) in [6, 6.07) is 22.9. The van der Waals surface area contributed by atoms with E-state index in [1.165, 1.54) is 17.5 Å². The molecule has 33 heavy (non-hydrogen) atoms. The van der Waals surface area contributed by atoms with Crippen LogP contribution in [-0.4, -0.2) is 23.1 Å². The normalized spacial score (nSPS) is 19.0. The minimum Gasteiger partial charge on any atom is -0.351 e. The number of carbonyl (C=O) groups excluding carboxylic acids is 1. The van der Waals surface area contributed by atoms with Crippen LogP contribution >= 0.6 is 0 Å². The van der Waals surface area contributed by atoms with E-state index < -0.39 is 0 Å². The van der Waals surface area contributed by atoms with Crippen LogP contribution in [0.3, 0.4) is 0 Å². The van der Waals surface area contributed by atoms with Crippen molar-refractivity contribution in [2.24, 2.45) is 10.7 Å². The fraction of sp³-hybridized carbons (Fsp3) is 0.321. The average Bonchev–Trinajstić information content (AvgIpc) is 3.02. The Balaban J connectivity index is 1.55. The highest BCUT2D eigenvalue weighted by atomic mass is 16.1. The molecule has 1 aliphatic carbocycles. The maximum atomic E-state index is 12.3. The summed E-state index contributed by atoms with van der Waals surface area (Å²) in [5, 5.41) is 2.83. The number of nitrogens with one attached hydrogen (secondary N) is 1. The summed E-state index contributed by atoms with van der Waals surface area (Å²) in [4.78, 5) is 22.1. The van der Waals surface area contributed by atoms with Gasteiger partial charge in [-0.2, -0.15) is 0 Å². The zero-order valence-electron chi connectivity index (χ0n) is 19.1. The van der Waals surface area contributed by atoms with E-state index in [4.69, 9.17) is 10.7 Å². The molecule has 1 fully saturated rings. The second kappa shape index (κ2) is 8.91. The molecule has 2 aromatic carbocycles. The molecule has 1 unspecified atom stereocenters. The van der Waals surface area contributed by atoms with Gasteiger partial charge in [-0.05, 0) is 67.9 Å². The number of pyridine rings is 1. The van der Waals surface area contributed by atoms with Crippen LogP contribution in [0.5, 0.6) is 0 Å². The van der Waals surface area contributed by atoms with Gasteiger partial charge in [0, 0.05) is 18.0 Å². The van der Waals surface area contributed by atoms with Crippen molar-refractivity contribution in [3.8, 4) is 0 Å². The third-order valence-corrected chi connectivity index (χ3v) is 6.96. The second-order valence-corrected chi connectivity index (χ2v) is 9.11. The van der Waals surface area contributed by atoms with Gasteiger partial charge in [-0.1, -0.05) is 54.6 Å². The third-order valence-electron chi connectivity index (χ3n) is 6.96. The third kappa shape index (κ3) is 4.21. The van der Waals surface area contributed by atoms with Gasteiger partial charge in [-0.3, -0.25) is 9.79 Å². The van der Waals surface area contributed by atoms with E-state index in [0.717, 1.165) is 48.3 Å². The monoisotopic (exact) mass is 438 g/mol. The number of aliphatic imine (C=N–C) groups is 1. The Hall–Kier alpha value is -3.31. The molecule has 1 aromatic heterocycles. The molecule has 1 aliphatic heterocycles. The molecule has 3 N–H and O–H groups in total. The first-order valence-electron chi connectivity index (χ1n) is 11.9. The van der Waals surface area contributed by atoms with Crippen molar-refractivity contribution in [1.82, 2.24) is 10.3 Å². The fourth-order valence-electron chi connectivity index (χ4n) is 4.88. The second-order valence-electron chi connectivity index (χ2n) is 9.11. The van der Waals surface area contributed by atoms with Gasteiger partial charge in [0.05, 0.1) is 17.1 Å². The number of rotatable bonds is 5. The first-order chi connectivity index (χ1) is 16.1. The van der Waals surface area contributed by atoms with Crippen LogP contribution in [0.4, 0.5) is 5.69 Å². The lowest BCUT2D eigenvalue weighted by molar-refractivity contribution is 0.0950. The Kier molecular flexibility index (Phi) is 5.81. The van der Waals surface area contributed by atoms with Crippen LogP contribution in [-0.2, 0) is 12.0 Å². The van der Waals surface area contributed by atoms with E-state index in [-0.39, 0.29) is 17.4 Å². The first kappa shape index (κ1) is 21.5. The highest BCUT2D eigenvalue weighted by Gasteiger charge is 2.34. The smallest absolute Gasteiger partial charge is 0.269 e. The zero-order valence-corrected chi connectivity index (χ0v) is 19.1. The van der Waals surface area contributed by atoms with Crippen molar-refractivity contribution in [3.05, 3.63) is 94.8 Å². The number of hydrogen-bond acceptors (Lipinski definition) is 4. The van der Waals surface area contributed by atoms with Crippen molar-refractivity contribution in [1.29, 1.82) is 0 Å². The fourth-order valence-corrected chi connectivity index (χ4v) is 4.88. The molecule has 5 rings (SSSR count). The maximum Gasteiger partial charge on any atom is 0.269 e. The highest BCUT2D eigenvalue weighted by molar-refractivity contribution is 6.07. The first-order valence-corrected chi connectivity index (χ1v) is 11.9. The van der Waals surface area contributed by atoms with Crippen LogP contribution in [0.25, 0.3) is 0 Å². The molecule has 0 bridgehead atoms. The number of amides is 1. The molecular weight excluding hydrogens is 408 g/mol. The minimum atomic E-state index is -0.172. The summed E-state index contributed by atoms with van der Waals surface area (Å²) >= 11 is 0. The molecule has 0 saturated heterocycles. The van der Waals surface area contributed by atoms with Crippen LogP contribution in [0.1, 0.15) is 71.4 Å². The van der Waals surface area contributed by atoms with Gasteiger partial charge < -0.3 is 11.1 Å². The summed E-state index contributed by atoms with van der Waals surface area (Å²) in [5.41, 5.74) is 13.1. The summed E-state index contributed by atoms with van der Waals surface area (Å²) in [5.74, 6) is 0.00497. The number of carbonyl (C=O) groups is 1. The molecule has 0 radical (unpaired) electrons. The molecule has 3 aromatic rings. The number of hydrogen-bond donors (Lipinski definition) is 2. The standard InChI is InChI=1S/C28H30N4O/c1-2-30-27(33)25-16-15-24-23(31-25)14-13-22(19-7-4-3-5-8-19)26(32-24)20-9-11-21(12-10-20)28(29)17-6-18-28/h3-5,7-12,15-16,22H,2,6,13-14,17-18,29H2,1H3,(H,30,33). The highest BCUT2D eigenvalue weighted by Crippen LogP contribution is 2.39. The van der Waals surface area contributed by atoms with Gasteiger partial charge in [0.2, 0.25) is 0 Å². The molecular formula is C28H30N4O. The number of nitrogens with two attached hydrogens (primary N) is 1. The van der Waals surface area contributed by atoms with E-state index in [0.29, 0.717) is 12.2 Å². The topological polar surface area (TPSA) is 80.4 Å². The van der Waals surface area contributed by atoms with E-state index in [1.807, 2.05) is 19.1 Å². The predicted octanol–water partition coefficient (Wildman–Crippen LogP) is 5.02. The quantitative estimate of drug-likeness (QED) is 0.587. The number of fused-ring (bicyclic) bond motifs is 1. The van der Waals surface area contributed by atoms with Crippen LogP contribution in [0.2, 0.25) is 0 Å². The minimum absolute atomic E-state index is 0.143. The Labute approximate surface area is 195 Å². The summed E-state index contributed by atoms with van der Waals surface area (Å²) in [6.45, 7) is 2.49. The van der Waals surface area contributed by atoms with Gasteiger partial charge in [0.15, 0.2) is 0 Å². The number of aryl methyl sites for hydroxylation is 1. The lowest BCUT2D eigenvalue weighted by Gasteiger charge is -2.38. The SMILES string of the molecule is CCNC(=O)c1ccc2c(n1)CCC(c1ccccc1)C(c1ccc(C3(N)CCC3)cc1)=N2. The molecule has 168 valence electrons.